The van der Waals surface area contributed by atoms with Crippen molar-refractivity contribution in [3.05, 3.63) is 112 Å². The number of nitro benzene ring substituents is 1. The van der Waals surface area contributed by atoms with Gasteiger partial charge >= 0.3 is 6.09 Å². The predicted molar refractivity (Wildman–Crippen MR) is 238 cm³/mol. The quantitative estimate of drug-likeness (QED) is 0.0340. The Morgan fingerprint density at radius 2 is 1.78 bits per heavy atom. The lowest BCUT2D eigenvalue weighted by Gasteiger charge is -2.59. The number of oxime groups is 1. The van der Waals surface area contributed by atoms with Crippen LogP contribution in [0, 0.1) is 27.9 Å². The number of aldehydes is 1. The Balaban J connectivity index is 1.42. The van der Waals surface area contributed by atoms with Gasteiger partial charge in [0.05, 0.1) is 29.8 Å². The van der Waals surface area contributed by atoms with E-state index in [4.69, 9.17) is 33.7 Å². The van der Waals surface area contributed by atoms with Gasteiger partial charge in [0, 0.05) is 61.8 Å². The SMILES string of the molecule is C=CCOC12Oc3ccc(Oc4cccc(C=O)c4)cc3C3C(CCCCO)C(CCCCO)C=C(C(=NOC4CCCCO4)CC1N(CCC)C(=O)Oc1ccc([N+](=O)[O-])cc1)C32. The number of hydrogen-bond acceptors (Lipinski definition) is 13. The minimum Gasteiger partial charge on any atom is -0.459 e. The first kappa shape index (κ1) is 46.4. The van der Waals surface area contributed by atoms with Crippen molar-refractivity contribution in [2.75, 3.05) is 33.0 Å². The van der Waals surface area contributed by atoms with E-state index in [2.05, 4.69) is 12.7 Å². The first-order chi connectivity index (χ1) is 31.2. The average Bonchev–Trinajstić information content (AvgIpc) is 3.31. The van der Waals surface area contributed by atoms with Crippen LogP contribution in [0.4, 0.5) is 10.5 Å². The molecule has 2 aliphatic heterocycles. The largest absolute Gasteiger partial charge is 0.459 e. The van der Waals surface area contributed by atoms with Crippen LogP contribution in [0.1, 0.15) is 99.4 Å². The smallest absolute Gasteiger partial charge is 0.415 e. The van der Waals surface area contributed by atoms with E-state index in [0.29, 0.717) is 60.8 Å². The number of ether oxygens (including phenoxy) is 5. The summed E-state index contributed by atoms with van der Waals surface area (Å²) in [5.41, 5.74) is 2.68. The van der Waals surface area contributed by atoms with Gasteiger partial charge in [-0.1, -0.05) is 49.2 Å². The Morgan fingerprint density at radius 1 is 1.02 bits per heavy atom. The van der Waals surface area contributed by atoms with Crippen molar-refractivity contribution in [1.82, 2.24) is 4.90 Å². The van der Waals surface area contributed by atoms with Crippen LogP contribution in [0.25, 0.3) is 0 Å². The number of carbonyl (C=O) groups excluding carboxylic acids is 2. The van der Waals surface area contributed by atoms with Gasteiger partial charge in [-0.3, -0.25) is 19.8 Å². The third-order valence-electron chi connectivity index (χ3n) is 12.6. The molecule has 0 radical (unpaired) electrons. The van der Waals surface area contributed by atoms with Crippen molar-refractivity contribution in [3.63, 3.8) is 0 Å². The fraction of sp³-hybridized carbons (Fsp3) is 0.490. The van der Waals surface area contributed by atoms with E-state index in [1.807, 2.05) is 25.1 Å². The molecule has 64 heavy (non-hydrogen) atoms. The molecule has 3 aromatic rings. The molecular formula is C49H59N3O12. The maximum atomic E-state index is 14.7. The molecule has 1 saturated carbocycles. The Morgan fingerprint density at radius 3 is 2.48 bits per heavy atom. The summed E-state index contributed by atoms with van der Waals surface area (Å²) in [6, 6.07) is 17.1. The summed E-state index contributed by atoms with van der Waals surface area (Å²) >= 11 is 0. The minimum atomic E-state index is -1.53. The van der Waals surface area contributed by atoms with Gasteiger partial charge in [-0.25, -0.2) is 4.79 Å². The summed E-state index contributed by atoms with van der Waals surface area (Å²) in [5, 5.41) is 36.2. The fourth-order valence-corrected chi connectivity index (χ4v) is 9.83. The van der Waals surface area contributed by atoms with Gasteiger partial charge < -0.3 is 38.7 Å². The van der Waals surface area contributed by atoms with Crippen LogP contribution in [0.3, 0.4) is 0 Å². The number of amides is 1. The lowest BCUT2D eigenvalue weighted by atomic mass is 9.55. The number of carbonyl (C=O) groups is 2. The molecule has 1 saturated heterocycles. The van der Waals surface area contributed by atoms with E-state index >= 15 is 0 Å². The summed E-state index contributed by atoms with van der Waals surface area (Å²) in [6.07, 6.45) is 10.9. The maximum Gasteiger partial charge on any atom is 0.415 e. The lowest BCUT2D eigenvalue weighted by Crippen LogP contribution is -2.70. The third kappa shape index (κ3) is 10.3. The Kier molecular flexibility index (Phi) is 15.8. The van der Waals surface area contributed by atoms with Crippen molar-refractivity contribution >= 4 is 23.8 Å². The third-order valence-corrected chi connectivity index (χ3v) is 12.6. The number of aliphatic hydroxyl groups is 2. The molecule has 15 nitrogen and oxygen atoms in total. The molecule has 7 rings (SSSR count). The van der Waals surface area contributed by atoms with Crippen molar-refractivity contribution in [2.45, 2.75) is 102 Å². The summed E-state index contributed by atoms with van der Waals surface area (Å²) in [4.78, 5) is 45.1. The number of nitrogens with zero attached hydrogens (tertiary/aromatic N) is 3. The van der Waals surface area contributed by atoms with E-state index in [9.17, 15) is 29.9 Å². The van der Waals surface area contributed by atoms with Crippen LogP contribution in [0.15, 0.2) is 96.2 Å². The van der Waals surface area contributed by atoms with Crippen LogP contribution in [0.2, 0.25) is 0 Å². The Hall–Kier alpha value is -5.61. The highest BCUT2D eigenvalue weighted by molar-refractivity contribution is 6.03. The second-order valence-electron chi connectivity index (χ2n) is 16.8. The molecule has 3 aromatic carbocycles. The molecule has 2 aliphatic carbocycles. The van der Waals surface area contributed by atoms with Gasteiger partial charge in [-0.2, -0.15) is 0 Å². The van der Waals surface area contributed by atoms with Crippen molar-refractivity contribution in [1.29, 1.82) is 0 Å². The Bertz CT molecular complexity index is 2150. The van der Waals surface area contributed by atoms with E-state index in [-0.39, 0.29) is 62.0 Å². The zero-order valence-electron chi connectivity index (χ0n) is 36.4. The first-order valence-corrected chi connectivity index (χ1v) is 22.5. The molecule has 4 aliphatic rings. The lowest BCUT2D eigenvalue weighted by molar-refractivity contribution is -0.384. The van der Waals surface area contributed by atoms with Gasteiger partial charge in [0.2, 0.25) is 12.1 Å². The van der Waals surface area contributed by atoms with Gasteiger partial charge in [0.25, 0.3) is 5.69 Å². The summed E-state index contributed by atoms with van der Waals surface area (Å²) in [5.74, 6) is -0.760. The molecule has 0 bridgehead atoms. The van der Waals surface area contributed by atoms with E-state index in [0.717, 1.165) is 55.9 Å². The first-order valence-electron chi connectivity index (χ1n) is 22.5. The van der Waals surface area contributed by atoms with Crippen molar-refractivity contribution < 1.29 is 53.2 Å². The van der Waals surface area contributed by atoms with Crippen LogP contribution in [0.5, 0.6) is 23.0 Å². The van der Waals surface area contributed by atoms with Crippen LogP contribution in [-0.2, 0) is 14.3 Å². The standard InChI is InChI=1S/C49H59N3O12/c1-3-23-51(48(56)62-36-19-17-35(18-20-36)52(57)58)44-31-42(50-64-45-16-7-10-27-59-45)40-29-34(13-5-8-24-53)39(15-6-9-25-54)46-41-30-38(61-37-14-11-12-33(28-37)32-55)21-22-43(41)63-49(44,47(40)46)60-26-4-2/h4,11-12,14,17-22,28-30,32,34,39,44-47,53-54H,2-3,5-10,13,15-16,23-27,31H2,1H3. The fourth-order valence-electron chi connectivity index (χ4n) is 9.83. The van der Waals surface area contributed by atoms with Crippen LogP contribution < -0.4 is 14.2 Å². The van der Waals surface area contributed by atoms with E-state index in [1.54, 1.807) is 35.2 Å². The second kappa shape index (κ2) is 21.8. The summed E-state index contributed by atoms with van der Waals surface area (Å²) in [6.45, 7) is 6.93. The molecule has 1 amide bonds. The monoisotopic (exact) mass is 881 g/mol. The zero-order chi connectivity index (χ0) is 45.1. The van der Waals surface area contributed by atoms with Gasteiger partial charge in [0.1, 0.15) is 35.3 Å². The molecule has 15 heteroatoms. The Labute approximate surface area is 373 Å². The predicted octanol–water partition coefficient (Wildman–Crippen LogP) is 9.27. The topological polar surface area (TPSA) is 189 Å². The number of allylic oxidation sites excluding steroid dienone is 1. The van der Waals surface area contributed by atoms with Crippen LogP contribution >= 0.6 is 0 Å². The maximum absolute atomic E-state index is 14.7. The minimum absolute atomic E-state index is 0.00456. The molecule has 2 fully saturated rings. The number of benzene rings is 3. The van der Waals surface area contributed by atoms with Crippen molar-refractivity contribution in [3.8, 4) is 23.0 Å². The molecule has 2 N–H and O–H groups in total. The number of aliphatic hydroxyl groups excluding tert-OH is 2. The van der Waals surface area contributed by atoms with Gasteiger partial charge in [-0.15, -0.1) is 6.58 Å². The summed E-state index contributed by atoms with van der Waals surface area (Å²) < 4.78 is 32.7. The number of fused-ring (bicyclic) bond motifs is 2. The normalized spacial score (nSPS) is 25.2. The van der Waals surface area contributed by atoms with Crippen LogP contribution in [-0.4, -0.2) is 89.2 Å². The number of non-ortho nitro benzene ring substituents is 1. The van der Waals surface area contributed by atoms with Crippen molar-refractivity contribution in [2.24, 2.45) is 22.9 Å². The highest BCUT2D eigenvalue weighted by Crippen LogP contribution is 2.62. The van der Waals surface area contributed by atoms with E-state index in [1.165, 1.54) is 24.3 Å². The molecule has 2 heterocycles. The molecular weight excluding hydrogens is 823 g/mol. The molecule has 7 atom stereocenters. The highest BCUT2D eigenvalue weighted by Gasteiger charge is 2.65. The number of nitro groups is 1. The highest BCUT2D eigenvalue weighted by atomic mass is 16.8. The van der Waals surface area contributed by atoms with E-state index < -0.39 is 35.1 Å². The summed E-state index contributed by atoms with van der Waals surface area (Å²) in [7, 11) is 0. The molecule has 0 spiro atoms. The molecule has 342 valence electrons. The average molecular weight is 882 g/mol. The number of rotatable bonds is 21. The van der Waals surface area contributed by atoms with Gasteiger partial charge in [-0.05, 0) is 105 Å². The zero-order valence-corrected chi connectivity index (χ0v) is 36.4. The van der Waals surface area contributed by atoms with Gasteiger partial charge in [0.15, 0.2) is 0 Å². The molecule has 7 unspecified atom stereocenters. The number of unbranched alkanes of at least 4 members (excludes halogenated alkanes) is 2. The second-order valence-corrected chi connectivity index (χ2v) is 16.8. The molecule has 0 aromatic heterocycles. The number of hydrogen-bond donors (Lipinski definition) is 2.